The Morgan fingerprint density at radius 2 is 1.88 bits per heavy atom. The van der Waals surface area contributed by atoms with Crippen molar-refractivity contribution in [3.05, 3.63) is 88.3 Å². The Balaban J connectivity index is 1.69. The Kier molecular flexibility index (Phi) is 4.32. The Morgan fingerprint density at radius 1 is 1.09 bits per heavy atom. The molecule has 3 aliphatic rings. The van der Waals surface area contributed by atoms with Gasteiger partial charge in [0.2, 0.25) is 5.76 Å². The summed E-state index contributed by atoms with van der Waals surface area (Å²) in [7, 11) is 0. The van der Waals surface area contributed by atoms with E-state index in [1.54, 1.807) is 35.2 Å². The van der Waals surface area contributed by atoms with Gasteiger partial charge in [-0.3, -0.25) is 14.4 Å². The van der Waals surface area contributed by atoms with Crippen molar-refractivity contribution in [2.24, 2.45) is 0 Å². The molecule has 0 aliphatic carbocycles. The molecular weight excluding hydrogens is 420 g/mol. The molecule has 7 nitrogen and oxygen atoms in total. The molecule has 2 amide bonds. The summed E-state index contributed by atoms with van der Waals surface area (Å²) < 4.78 is 11.8. The maximum atomic E-state index is 14.2. The molecular formula is C26H22N2O5. The van der Waals surface area contributed by atoms with Crippen LogP contribution in [-0.4, -0.2) is 42.5 Å². The zero-order valence-corrected chi connectivity index (χ0v) is 18.0. The highest BCUT2D eigenvalue weighted by molar-refractivity contribution is 6.17. The second-order valence-electron chi connectivity index (χ2n) is 8.61. The lowest BCUT2D eigenvalue weighted by molar-refractivity contribution is -0.126. The van der Waals surface area contributed by atoms with Crippen LogP contribution in [0.3, 0.4) is 0 Å². The molecule has 7 heteroatoms. The second-order valence-corrected chi connectivity index (χ2v) is 8.61. The number of para-hydroxylation sites is 2. The van der Waals surface area contributed by atoms with E-state index in [4.69, 9.17) is 9.15 Å². The molecule has 2 atom stereocenters. The Bertz CT molecular complexity index is 1390. The summed E-state index contributed by atoms with van der Waals surface area (Å²) in [5.41, 5.74) is -0.280. The number of fused-ring (bicyclic) bond motifs is 5. The number of hydrogen-bond donors (Lipinski definition) is 0. The second kappa shape index (κ2) is 7.15. The summed E-state index contributed by atoms with van der Waals surface area (Å²) in [4.78, 5) is 45.0. The normalized spacial score (nSPS) is 23.6. The quantitative estimate of drug-likeness (QED) is 0.580. The van der Waals surface area contributed by atoms with E-state index in [0.717, 1.165) is 12.8 Å². The van der Waals surface area contributed by atoms with Crippen molar-refractivity contribution in [3.63, 3.8) is 0 Å². The average molecular weight is 442 g/mol. The van der Waals surface area contributed by atoms with Gasteiger partial charge < -0.3 is 19.0 Å². The molecule has 4 heterocycles. The standard InChI is InChI=1S/C26H22N2O5/c1-2-13-27-19-11-5-4-10-18(19)26(25(27)31)21-22(29)17-9-3-6-12-20(17)33-23(21)24(30)28(26)15-16-8-7-14-32-16/h2-6,9-12,16H,1,7-8,13-15H2/t16-,26+/m0/s1. The van der Waals surface area contributed by atoms with Crippen molar-refractivity contribution in [1.29, 1.82) is 0 Å². The molecule has 166 valence electrons. The Labute approximate surface area is 189 Å². The van der Waals surface area contributed by atoms with Crippen molar-refractivity contribution < 1.29 is 18.7 Å². The van der Waals surface area contributed by atoms with Crippen molar-refractivity contribution in [1.82, 2.24) is 4.90 Å². The highest BCUT2D eigenvalue weighted by atomic mass is 16.5. The van der Waals surface area contributed by atoms with Crippen LogP contribution < -0.4 is 10.3 Å². The molecule has 3 aliphatic heterocycles. The zero-order chi connectivity index (χ0) is 22.7. The lowest BCUT2D eigenvalue weighted by Crippen LogP contribution is -2.55. The maximum absolute atomic E-state index is 14.2. The first-order valence-corrected chi connectivity index (χ1v) is 11.1. The van der Waals surface area contributed by atoms with Crippen LogP contribution in [0.15, 0.2) is 70.4 Å². The van der Waals surface area contributed by atoms with Crippen LogP contribution >= 0.6 is 0 Å². The highest BCUT2D eigenvalue weighted by Crippen LogP contribution is 2.52. The van der Waals surface area contributed by atoms with E-state index in [0.29, 0.717) is 28.8 Å². The first kappa shape index (κ1) is 19.9. The molecule has 1 fully saturated rings. The van der Waals surface area contributed by atoms with Crippen molar-refractivity contribution in [2.75, 3.05) is 24.6 Å². The van der Waals surface area contributed by atoms with Gasteiger partial charge in [-0.05, 0) is 31.0 Å². The molecule has 0 N–H and O–H groups in total. The van der Waals surface area contributed by atoms with Crippen molar-refractivity contribution in [2.45, 2.75) is 24.5 Å². The van der Waals surface area contributed by atoms with Crippen LogP contribution in [0.25, 0.3) is 11.0 Å². The monoisotopic (exact) mass is 442 g/mol. The molecule has 0 bridgehead atoms. The van der Waals surface area contributed by atoms with Crippen molar-refractivity contribution in [3.8, 4) is 0 Å². The summed E-state index contributed by atoms with van der Waals surface area (Å²) in [5, 5.41) is 0.342. The van der Waals surface area contributed by atoms with Gasteiger partial charge in [-0.15, -0.1) is 6.58 Å². The fourth-order valence-corrected chi connectivity index (χ4v) is 5.49. The SMILES string of the molecule is C=CCN1C(=O)[C@@]2(c3ccccc31)c1c(oc3ccccc3c1=O)C(=O)N2C[C@@H]1CCCO1. The van der Waals surface area contributed by atoms with Gasteiger partial charge in [-0.1, -0.05) is 36.4 Å². The van der Waals surface area contributed by atoms with E-state index >= 15 is 0 Å². The summed E-state index contributed by atoms with van der Waals surface area (Å²) >= 11 is 0. The molecule has 1 spiro atoms. The fraction of sp³-hybridized carbons (Fsp3) is 0.269. The minimum Gasteiger partial charge on any atom is -0.450 e. The number of nitrogens with zero attached hydrogens (tertiary/aromatic N) is 2. The number of ether oxygens (including phenoxy) is 1. The smallest absolute Gasteiger partial charge is 0.291 e. The minimum atomic E-state index is -1.59. The van der Waals surface area contributed by atoms with Crippen LogP contribution in [0.5, 0.6) is 0 Å². The van der Waals surface area contributed by atoms with Gasteiger partial charge in [0.15, 0.2) is 11.0 Å². The minimum absolute atomic E-state index is 0.0692. The lowest BCUT2D eigenvalue weighted by Gasteiger charge is -2.35. The third-order valence-electron chi connectivity index (χ3n) is 6.87. The molecule has 1 saturated heterocycles. The number of amides is 2. The highest BCUT2D eigenvalue weighted by Gasteiger charge is 2.65. The zero-order valence-electron chi connectivity index (χ0n) is 18.0. The van der Waals surface area contributed by atoms with Gasteiger partial charge >= 0.3 is 0 Å². The lowest BCUT2D eigenvalue weighted by atomic mass is 9.83. The average Bonchev–Trinajstić information content (AvgIpc) is 3.49. The van der Waals surface area contributed by atoms with Gasteiger partial charge in [0.05, 0.1) is 22.7 Å². The summed E-state index contributed by atoms with van der Waals surface area (Å²) in [6.45, 7) is 4.86. The van der Waals surface area contributed by atoms with E-state index in [9.17, 15) is 14.4 Å². The van der Waals surface area contributed by atoms with E-state index in [-0.39, 0.29) is 41.9 Å². The molecule has 0 saturated carbocycles. The molecule has 2 aromatic carbocycles. The van der Waals surface area contributed by atoms with Crippen LogP contribution in [0, 0.1) is 0 Å². The third kappa shape index (κ3) is 2.51. The largest absolute Gasteiger partial charge is 0.450 e. The first-order chi connectivity index (χ1) is 16.1. The van der Waals surface area contributed by atoms with Crippen LogP contribution in [-0.2, 0) is 15.1 Å². The van der Waals surface area contributed by atoms with Gasteiger partial charge in [0.25, 0.3) is 11.8 Å². The van der Waals surface area contributed by atoms with Gasteiger partial charge in [0, 0.05) is 25.3 Å². The summed E-state index contributed by atoms with van der Waals surface area (Å²) in [6.07, 6.45) is 3.10. The third-order valence-corrected chi connectivity index (χ3v) is 6.87. The molecule has 0 radical (unpaired) electrons. The molecule has 3 aromatic rings. The van der Waals surface area contributed by atoms with E-state index < -0.39 is 11.4 Å². The number of carbonyl (C=O) groups is 2. The molecule has 33 heavy (non-hydrogen) atoms. The van der Waals surface area contributed by atoms with E-state index in [1.807, 2.05) is 24.3 Å². The fourth-order valence-electron chi connectivity index (χ4n) is 5.49. The Morgan fingerprint density at radius 3 is 2.67 bits per heavy atom. The number of carbonyl (C=O) groups excluding carboxylic acids is 2. The summed E-state index contributed by atoms with van der Waals surface area (Å²) in [6, 6.07) is 14.1. The van der Waals surface area contributed by atoms with Crippen LogP contribution in [0.1, 0.15) is 34.5 Å². The number of rotatable bonds is 4. The van der Waals surface area contributed by atoms with E-state index in [1.165, 1.54) is 4.90 Å². The number of benzene rings is 2. The predicted molar refractivity (Wildman–Crippen MR) is 122 cm³/mol. The van der Waals surface area contributed by atoms with Crippen molar-refractivity contribution >= 4 is 28.5 Å². The van der Waals surface area contributed by atoms with Gasteiger partial charge in [-0.2, -0.15) is 0 Å². The predicted octanol–water partition coefficient (Wildman–Crippen LogP) is 3.20. The maximum Gasteiger partial charge on any atom is 0.291 e. The molecule has 1 aromatic heterocycles. The van der Waals surface area contributed by atoms with Crippen LogP contribution in [0.2, 0.25) is 0 Å². The van der Waals surface area contributed by atoms with Gasteiger partial charge in [0.1, 0.15) is 5.58 Å². The first-order valence-electron chi connectivity index (χ1n) is 11.1. The van der Waals surface area contributed by atoms with Crippen LogP contribution in [0.4, 0.5) is 5.69 Å². The number of anilines is 1. The number of hydrogen-bond acceptors (Lipinski definition) is 5. The Hall–Kier alpha value is -3.71. The topological polar surface area (TPSA) is 80.1 Å². The molecule has 6 rings (SSSR count). The van der Waals surface area contributed by atoms with Gasteiger partial charge in [-0.25, -0.2) is 0 Å². The molecule has 0 unspecified atom stereocenters. The summed E-state index contributed by atoms with van der Waals surface area (Å²) in [5.74, 6) is -0.886. The van der Waals surface area contributed by atoms with E-state index in [2.05, 4.69) is 6.58 Å².